The van der Waals surface area contributed by atoms with E-state index in [1.165, 1.54) is 18.2 Å². The first kappa shape index (κ1) is 13.7. The summed E-state index contributed by atoms with van der Waals surface area (Å²) in [7, 11) is 0. The summed E-state index contributed by atoms with van der Waals surface area (Å²) in [4.78, 5) is 13.6. The van der Waals surface area contributed by atoms with Crippen LogP contribution in [0.4, 0.5) is 13.2 Å². The first-order valence-electron chi connectivity index (χ1n) is 5.94. The lowest BCUT2D eigenvalue weighted by molar-refractivity contribution is -0.153. The van der Waals surface area contributed by atoms with Crippen molar-refractivity contribution in [3.05, 3.63) is 29.8 Å². The fraction of sp³-hybridized carbons (Fsp3) is 0.462. The Labute approximate surface area is 109 Å². The molecule has 1 aliphatic rings. The van der Waals surface area contributed by atoms with Crippen molar-refractivity contribution in [1.82, 2.24) is 4.90 Å². The van der Waals surface area contributed by atoms with Crippen molar-refractivity contribution in [3.63, 3.8) is 0 Å². The summed E-state index contributed by atoms with van der Waals surface area (Å²) < 4.78 is 40.7. The molecule has 1 amide bonds. The van der Waals surface area contributed by atoms with E-state index in [2.05, 4.69) is 4.74 Å². The van der Waals surface area contributed by atoms with Crippen molar-refractivity contribution in [2.24, 2.45) is 5.92 Å². The molecule has 1 aromatic rings. The van der Waals surface area contributed by atoms with Crippen LogP contribution in [0.25, 0.3) is 0 Å². The van der Waals surface area contributed by atoms with Gasteiger partial charge in [-0.05, 0) is 24.1 Å². The summed E-state index contributed by atoms with van der Waals surface area (Å²) >= 11 is 0. The van der Waals surface area contributed by atoms with Crippen LogP contribution in [0, 0.1) is 5.92 Å². The molecule has 1 aliphatic heterocycles. The summed E-state index contributed by atoms with van der Waals surface area (Å²) in [6, 6.07) is 5.84. The number of ether oxygens (including phenoxy) is 1. The van der Waals surface area contributed by atoms with Gasteiger partial charge in [0, 0.05) is 18.7 Å². The van der Waals surface area contributed by atoms with Crippen LogP contribution in [-0.2, 0) is 0 Å². The van der Waals surface area contributed by atoms with E-state index < -0.39 is 12.8 Å². The molecule has 0 aromatic heterocycles. The maximum atomic E-state index is 12.0. The molecule has 104 valence electrons. The third-order valence-corrected chi connectivity index (χ3v) is 2.83. The zero-order valence-electron chi connectivity index (χ0n) is 10.4. The van der Waals surface area contributed by atoms with Crippen molar-refractivity contribution in [3.8, 4) is 5.75 Å². The summed E-state index contributed by atoms with van der Waals surface area (Å²) in [6.07, 6.45) is -4.38. The van der Waals surface area contributed by atoms with E-state index in [-0.39, 0.29) is 11.7 Å². The van der Waals surface area contributed by atoms with Gasteiger partial charge in [0.05, 0.1) is 0 Å². The Hall–Kier alpha value is -1.72. The number of nitrogens with zero attached hydrogens (tertiary/aromatic N) is 1. The van der Waals surface area contributed by atoms with E-state index in [1.807, 2.05) is 6.92 Å². The summed E-state index contributed by atoms with van der Waals surface area (Å²) in [5.74, 6) is 0.362. The second-order valence-electron chi connectivity index (χ2n) is 4.75. The number of benzene rings is 1. The average Bonchev–Trinajstić information content (AvgIpc) is 2.31. The fourth-order valence-electron chi connectivity index (χ4n) is 1.93. The third-order valence-electron chi connectivity index (χ3n) is 2.83. The van der Waals surface area contributed by atoms with Gasteiger partial charge < -0.3 is 9.64 Å². The fourth-order valence-corrected chi connectivity index (χ4v) is 1.93. The van der Waals surface area contributed by atoms with E-state index in [1.54, 1.807) is 11.0 Å². The summed E-state index contributed by atoms with van der Waals surface area (Å²) in [5.41, 5.74) is 0.353. The number of hydrogen-bond donors (Lipinski definition) is 0. The normalized spacial score (nSPS) is 16.1. The van der Waals surface area contributed by atoms with Gasteiger partial charge in [-0.25, -0.2) is 0 Å². The molecular weight excluding hydrogens is 259 g/mol. The monoisotopic (exact) mass is 273 g/mol. The lowest BCUT2D eigenvalue weighted by atomic mass is 10.0. The number of hydrogen-bond acceptors (Lipinski definition) is 2. The molecular formula is C13H14F3NO2. The van der Waals surface area contributed by atoms with Crippen molar-refractivity contribution < 1.29 is 22.7 Å². The Kier molecular flexibility index (Phi) is 3.68. The van der Waals surface area contributed by atoms with Gasteiger partial charge in [0.1, 0.15) is 5.75 Å². The highest BCUT2D eigenvalue weighted by Gasteiger charge is 2.29. The molecule has 0 unspecified atom stereocenters. The standard InChI is InChI=1S/C13H14F3NO2/c1-9-6-17(7-9)12(18)10-3-2-4-11(5-10)19-8-13(14,15)16/h2-5,9H,6-8H2,1H3. The van der Waals surface area contributed by atoms with Crippen LogP contribution in [0.2, 0.25) is 0 Å². The molecule has 6 heteroatoms. The van der Waals surface area contributed by atoms with Crippen LogP contribution in [0.3, 0.4) is 0 Å². The van der Waals surface area contributed by atoms with Gasteiger partial charge in [-0.2, -0.15) is 13.2 Å². The van der Waals surface area contributed by atoms with Gasteiger partial charge >= 0.3 is 6.18 Å². The predicted octanol–water partition coefficient (Wildman–Crippen LogP) is 2.72. The van der Waals surface area contributed by atoms with Gasteiger partial charge in [-0.15, -0.1) is 0 Å². The van der Waals surface area contributed by atoms with Gasteiger partial charge in [-0.1, -0.05) is 13.0 Å². The zero-order valence-corrected chi connectivity index (χ0v) is 10.4. The van der Waals surface area contributed by atoms with E-state index in [4.69, 9.17) is 0 Å². The van der Waals surface area contributed by atoms with Crippen LogP contribution < -0.4 is 4.74 Å². The average molecular weight is 273 g/mol. The minimum atomic E-state index is -4.38. The molecule has 2 rings (SSSR count). The Morgan fingerprint density at radius 2 is 2.11 bits per heavy atom. The van der Waals surface area contributed by atoms with E-state index in [0.717, 1.165) is 0 Å². The maximum absolute atomic E-state index is 12.0. The number of likely N-dealkylation sites (tertiary alicyclic amines) is 1. The van der Waals surface area contributed by atoms with Crippen LogP contribution in [-0.4, -0.2) is 36.7 Å². The summed E-state index contributed by atoms with van der Waals surface area (Å²) in [5, 5.41) is 0. The number of alkyl halides is 3. The highest BCUT2D eigenvalue weighted by Crippen LogP contribution is 2.22. The van der Waals surface area contributed by atoms with Crippen LogP contribution in [0.5, 0.6) is 5.75 Å². The molecule has 3 nitrogen and oxygen atoms in total. The number of rotatable bonds is 3. The second-order valence-corrected chi connectivity index (χ2v) is 4.75. The molecule has 1 fully saturated rings. The number of carbonyl (C=O) groups is 1. The molecule has 0 N–H and O–H groups in total. The largest absolute Gasteiger partial charge is 0.484 e. The topological polar surface area (TPSA) is 29.5 Å². The number of halogens is 3. The molecule has 1 saturated heterocycles. The second kappa shape index (κ2) is 5.11. The maximum Gasteiger partial charge on any atom is 0.422 e. The quantitative estimate of drug-likeness (QED) is 0.847. The molecule has 0 bridgehead atoms. The number of carbonyl (C=O) groups excluding carboxylic acids is 1. The van der Waals surface area contributed by atoms with Gasteiger partial charge in [0.2, 0.25) is 0 Å². The molecule has 0 aliphatic carbocycles. The van der Waals surface area contributed by atoms with Gasteiger partial charge in [0.15, 0.2) is 6.61 Å². The van der Waals surface area contributed by atoms with E-state index in [0.29, 0.717) is 24.6 Å². The Bertz CT molecular complexity index is 467. The molecule has 0 atom stereocenters. The third kappa shape index (κ3) is 3.62. The molecule has 1 heterocycles. The highest BCUT2D eigenvalue weighted by molar-refractivity contribution is 5.95. The van der Waals surface area contributed by atoms with E-state index in [9.17, 15) is 18.0 Å². The van der Waals surface area contributed by atoms with Crippen molar-refractivity contribution in [2.75, 3.05) is 19.7 Å². The lowest BCUT2D eigenvalue weighted by Gasteiger charge is -2.37. The number of amides is 1. The van der Waals surface area contributed by atoms with Crippen molar-refractivity contribution in [1.29, 1.82) is 0 Å². The minimum absolute atomic E-state index is 0.0525. The highest BCUT2D eigenvalue weighted by atomic mass is 19.4. The molecule has 0 saturated carbocycles. The Morgan fingerprint density at radius 3 is 2.68 bits per heavy atom. The molecule has 19 heavy (non-hydrogen) atoms. The van der Waals surface area contributed by atoms with Crippen LogP contribution >= 0.6 is 0 Å². The molecule has 1 aromatic carbocycles. The van der Waals surface area contributed by atoms with E-state index >= 15 is 0 Å². The lowest BCUT2D eigenvalue weighted by Crippen LogP contribution is -2.48. The van der Waals surface area contributed by atoms with Crippen LogP contribution in [0.15, 0.2) is 24.3 Å². The molecule has 0 spiro atoms. The first-order valence-corrected chi connectivity index (χ1v) is 5.94. The van der Waals surface area contributed by atoms with Crippen molar-refractivity contribution >= 4 is 5.91 Å². The Balaban J connectivity index is 2.00. The Morgan fingerprint density at radius 1 is 1.42 bits per heavy atom. The summed E-state index contributed by atoms with van der Waals surface area (Å²) in [6.45, 7) is 2.05. The predicted molar refractivity (Wildman–Crippen MR) is 63.1 cm³/mol. The SMILES string of the molecule is CC1CN(C(=O)c2cccc(OCC(F)(F)F)c2)C1. The van der Waals surface area contributed by atoms with Gasteiger partial charge in [-0.3, -0.25) is 4.79 Å². The van der Waals surface area contributed by atoms with Crippen molar-refractivity contribution in [2.45, 2.75) is 13.1 Å². The zero-order chi connectivity index (χ0) is 14.0. The molecule has 0 radical (unpaired) electrons. The minimum Gasteiger partial charge on any atom is -0.484 e. The first-order chi connectivity index (χ1) is 8.85. The van der Waals surface area contributed by atoms with Gasteiger partial charge in [0.25, 0.3) is 5.91 Å². The van der Waals surface area contributed by atoms with Crippen LogP contribution in [0.1, 0.15) is 17.3 Å². The smallest absolute Gasteiger partial charge is 0.422 e.